The number of nitrogens with zero attached hydrogens (tertiary/aromatic N) is 1. The van der Waals surface area contributed by atoms with Crippen LogP contribution in [-0.2, 0) is 22.2 Å². The summed E-state index contributed by atoms with van der Waals surface area (Å²) in [4.78, 5) is 0. The molecule has 0 aromatic carbocycles. The van der Waals surface area contributed by atoms with Crippen molar-refractivity contribution in [3.05, 3.63) is 17.5 Å². The second kappa shape index (κ2) is 3.24. The monoisotopic (exact) mass is 190 g/mol. The van der Waals surface area contributed by atoms with E-state index in [4.69, 9.17) is 9.66 Å². The van der Waals surface area contributed by atoms with Gasteiger partial charge < -0.3 is 4.52 Å². The van der Waals surface area contributed by atoms with Crippen LogP contribution in [0.15, 0.2) is 10.6 Å². The summed E-state index contributed by atoms with van der Waals surface area (Å²) in [5, 5.41) is 8.43. The molecule has 1 rings (SSSR count). The number of nitrogens with two attached hydrogens (primary N) is 1. The van der Waals surface area contributed by atoms with E-state index < -0.39 is 10.0 Å². The van der Waals surface area contributed by atoms with Crippen LogP contribution in [0, 0.1) is 0 Å². The van der Waals surface area contributed by atoms with E-state index in [9.17, 15) is 8.42 Å². The summed E-state index contributed by atoms with van der Waals surface area (Å²) in [7, 11) is -3.51. The highest BCUT2D eigenvalue weighted by molar-refractivity contribution is 7.88. The summed E-state index contributed by atoms with van der Waals surface area (Å²) in [5.74, 6) is -0.00523. The molecule has 1 aromatic heterocycles. The Balaban J connectivity index is 2.78. The molecule has 1 heterocycles. The van der Waals surface area contributed by atoms with Gasteiger partial charge in [-0.3, -0.25) is 0 Å². The summed E-state index contributed by atoms with van der Waals surface area (Å²) < 4.78 is 25.9. The minimum Gasteiger partial charge on any atom is -0.360 e. The maximum atomic E-state index is 10.6. The number of aromatic nitrogens is 1. The highest BCUT2D eigenvalue weighted by Crippen LogP contribution is 2.06. The van der Waals surface area contributed by atoms with Crippen molar-refractivity contribution in [2.75, 3.05) is 0 Å². The topological polar surface area (TPSA) is 86.2 Å². The van der Waals surface area contributed by atoms with Crippen molar-refractivity contribution >= 4 is 10.0 Å². The molecule has 0 atom stereocenters. The molecule has 68 valence electrons. The summed E-state index contributed by atoms with van der Waals surface area (Å²) in [6.07, 6.45) is 0.716. The molecule has 0 saturated heterocycles. The second-order valence-corrected chi connectivity index (χ2v) is 4.06. The number of primary sulfonamides is 1. The van der Waals surface area contributed by atoms with Crippen LogP contribution >= 0.6 is 0 Å². The standard InChI is InChI=1S/C6H10N2O3S/c1-2-5-3-6(11-8-5)4-12(7,9)10/h3H,2,4H2,1H3,(H2,7,9,10). The van der Waals surface area contributed by atoms with Crippen molar-refractivity contribution in [2.24, 2.45) is 5.14 Å². The lowest BCUT2D eigenvalue weighted by Gasteiger charge is -1.89. The third kappa shape index (κ3) is 2.63. The van der Waals surface area contributed by atoms with Gasteiger partial charge in [-0.2, -0.15) is 0 Å². The maximum Gasteiger partial charge on any atom is 0.216 e. The molecule has 0 amide bonds. The van der Waals surface area contributed by atoms with Gasteiger partial charge in [0.25, 0.3) is 0 Å². The van der Waals surface area contributed by atoms with E-state index in [1.165, 1.54) is 0 Å². The van der Waals surface area contributed by atoms with Gasteiger partial charge in [-0.15, -0.1) is 0 Å². The van der Waals surface area contributed by atoms with Gasteiger partial charge in [0, 0.05) is 6.07 Å². The molecule has 6 heteroatoms. The van der Waals surface area contributed by atoms with Gasteiger partial charge in [-0.05, 0) is 6.42 Å². The third-order valence-electron chi connectivity index (χ3n) is 1.31. The maximum absolute atomic E-state index is 10.6. The number of rotatable bonds is 3. The number of aryl methyl sites for hydroxylation is 1. The molecule has 0 fully saturated rings. The van der Waals surface area contributed by atoms with Crippen molar-refractivity contribution in [1.82, 2.24) is 5.16 Å². The van der Waals surface area contributed by atoms with Crippen LogP contribution in [0.5, 0.6) is 0 Å². The molecule has 12 heavy (non-hydrogen) atoms. The van der Waals surface area contributed by atoms with Crippen molar-refractivity contribution in [3.63, 3.8) is 0 Å². The molecule has 0 radical (unpaired) electrons. The summed E-state index contributed by atoms with van der Waals surface area (Å²) in [5.41, 5.74) is 0.730. The van der Waals surface area contributed by atoms with E-state index in [0.29, 0.717) is 6.42 Å². The average Bonchev–Trinajstić information content (AvgIpc) is 2.32. The van der Waals surface area contributed by atoms with Gasteiger partial charge in [0.15, 0.2) is 5.76 Å². The Labute approximate surface area is 70.6 Å². The fourth-order valence-electron chi connectivity index (χ4n) is 0.789. The Bertz CT molecular complexity index is 355. The van der Waals surface area contributed by atoms with Gasteiger partial charge in [0.1, 0.15) is 5.75 Å². The van der Waals surface area contributed by atoms with Crippen LogP contribution in [0.3, 0.4) is 0 Å². The Hall–Kier alpha value is -0.880. The molecular weight excluding hydrogens is 180 g/mol. The van der Waals surface area contributed by atoms with Crippen molar-refractivity contribution in [1.29, 1.82) is 0 Å². The van der Waals surface area contributed by atoms with E-state index >= 15 is 0 Å². The molecule has 0 aliphatic rings. The van der Waals surface area contributed by atoms with Gasteiger partial charge in [-0.25, -0.2) is 13.6 Å². The van der Waals surface area contributed by atoms with Crippen molar-refractivity contribution < 1.29 is 12.9 Å². The number of hydrogen-bond acceptors (Lipinski definition) is 4. The van der Waals surface area contributed by atoms with Gasteiger partial charge in [-0.1, -0.05) is 12.1 Å². The van der Waals surface area contributed by atoms with Gasteiger partial charge in [0.05, 0.1) is 5.69 Å². The van der Waals surface area contributed by atoms with Gasteiger partial charge in [0.2, 0.25) is 10.0 Å². The van der Waals surface area contributed by atoms with Crippen molar-refractivity contribution in [3.8, 4) is 0 Å². The number of hydrogen-bond donors (Lipinski definition) is 1. The second-order valence-electron chi connectivity index (χ2n) is 2.45. The predicted molar refractivity (Wildman–Crippen MR) is 42.7 cm³/mol. The third-order valence-corrected chi connectivity index (χ3v) is 2.00. The first-order valence-electron chi connectivity index (χ1n) is 3.46. The first-order chi connectivity index (χ1) is 5.51. The highest BCUT2D eigenvalue weighted by atomic mass is 32.2. The molecule has 1 aromatic rings. The molecular formula is C6H10N2O3S. The Morgan fingerprint density at radius 1 is 1.67 bits per heavy atom. The first-order valence-corrected chi connectivity index (χ1v) is 5.18. The zero-order valence-corrected chi connectivity index (χ0v) is 7.47. The zero-order valence-electron chi connectivity index (χ0n) is 6.65. The van der Waals surface area contributed by atoms with E-state index in [2.05, 4.69) is 5.16 Å². The highest BCUT2D eigenvalue weighted by Gasteiger charge is 2.09. The van der Waals surface area contributed by atoms with Crippen LogP contribution < -0.4 is 5.14 Å². The largest absolute Gasteiger partial charge is 0.360 e. The van der Waals surface area contributed by atoms with E-state index in [0.717, 1.165) is 5.69 Å². The molecule has 2 N–H and O–H groups in total. The lowest BCUT2D eigenvalue weighted by molar-refractivity contribution is 0.387. The Morgan fingerprint density at radius 2 is 2.33 bits per heavy atom. The van der Waals surface area contributed by atoms with E-state index in [1.807, 2.05) is 6.92 Å². The molecule has 0 aliphatic carbocycles. The summed E-state index contributed by atoms with van der Waals surface area (Å²) in [6.45, 7) is 1.90. The zero-order chi connectivity index (χ0) is 9.19. The smallest absolute Gasteiger partial charge is 0.216 e. The summed E-state index contributed by atoms with van der Waals surface area (Å²) in [6, 6.07) is 1.59. The molecule has 0 spiro atoms. The van der Waals surface area contributed by atoms with E-state index in [-0.39, 0.29) is 11.5 Å². The minimum atomic E-state index is -3.51. The average molecular weight is 190 g/mol. The van der Waals surface area contributed by atoms with Crippen LogP contribution in [-0.4, -0.2) is 13.6 Å². The minimum absolute atomic E-state index is 0.286. The fourth-order valence-corrected chi connectivity index (χ4v) is 1.32. The molecule has 0 unspecified atom stereocenters. The summed E-state index contributed by atoms with van der Waals surface area (Å²) >= 11 is 0. The predicted octanol–water partition coefficient (Wildman–Crippen LogP) is 0.0255. The van der Waals surface area contributed by atoms with Crippen LogP contribution in [0.4, 0.5) is 0 Å². The normalized spacial score (nSPS) is 11.8. The molecule has 0 bridgehead atoms. The fraction of sp³-hybridized carbons (Fsp3) is 0.500. The quantitative estimate of drug-likeness (QED) is 0.728. The Morgan fingerprint density at radius 3 is 2.75 bits per heavy atom. The molecule has 0 aliphatic heterocycles. The van der Waals surface area contributed by atoms with Crippen LogP contribution in [0.2, 0.25) is 0 Å². The lowest BCUT2D eigenvalue weighted by Crippen LogP contribution is -2.13. The van der Waals surface area contributed by atoms with Crippen LogP contribution in [0.25, 0.3) is 0 Å². The lowest BCUT2D eigenvalue weighted by atomic mass is 10.3. The van der Waals surface area contributed by atoms with Crippen LogP contribution in [0.1, 0.15) is 18.4 Å². The molecule has 0 saturated carbocycles. The van der Waals surface area contributed by atoms with Crippen molar-refractivity contribution in [2.45, 2.75) is 19.1 Å². The molecule has 5 nitrogen and oxygen atoms in total. The van der Waals surface area contributed by atoms with E-state index in [1.54, 1.807) is 6.07 Å². The Kier molecular flexibility index (Phi) is 2.49. The SMILES string of the molecule is CCc1cc(CS(N)(=O)=O)on1. The van der Waals surface area contributed by atoms with Gasteiger partial charge >= 0.3 is 0 Å². The number of sulfonamides is 1. The first kappa shape index (κ1) is 9.21.